The highest BCUT2D eigenvalue weighted by molar-refractivity contribution is 5.19. The van der Waals surface area contributed by atoms with E-state index in [0.717, 1.165) is 31.3 Å². The molecule has 0 aromatic rings. The fraction of sp³-hybridized carbons (Fsp3) is 0.600. The van der Waals surface area contributed by atoms with Crippen LogP contribution in [0.25, 0.3) is 0 Å². The van der Waals surface area contributed by atoms with Crippen molar-refractivity contribution in [2.45, 2.75) is 32.6 Å². The van der Waals surface area contributed by atoms with Gasteiger partial charge in [0.25, 0.3) is 0 Å². The molecule has 0 aliphatic carbocycles. The van der Waals surface area contributed by atoms with Gasteiger partial charge >= 0.3 is 0 Å². The molecule has 0 aromatic heterocycles. The minimum absolute atomic E-state index is 0.263. The fourth-order valence-corrected chi connectivity index (χ4v) is 0.946. The molecule has 0 aromatic carbocycles. The van der Waals surface area contributed by atoms with Gasteiger partial charge in [0.1, 0.15) is 6.54 Å². The summed E-state index contributed by atoms with van der Waals surface area (Å²) in [6.07, 6.45) is 5.80. The molecule has 3 nitrogen and oxygen atoms in total. The monoisotopic (exact) mass is 177 g/mol. The Labute approximate surface area is 79.7 Å². The Hall–Kier alpha value is -1.48. The molecule has 70 valence electrons. The minimum atomic E-state index is 0.263. The van der Waals surface area contributed by atoms with E-state index >= 15 is 0 Å². The summed E-state index contributed by atoms with van der Waals surface area (Å²) in [5.74, 6) is 0. The summed E-state index contributed by atoms with van der Waals surface area (Å²) in [5.41, 5.74) is 0.726. The number of hydrogen-bond donors (Lipinski definition) is 1. The van der Waals surface area contributed by atoms with Gasteiger partial charge < -0.3 is 5.32 Å². The van der Waals surface area contributed by atoms with E-state index in [1.54, 1.807) is 6.20 Å². The van der Waals surface area contributed by atoms with Crippen LogP contribution < -0.4 is 5.32 Å². The molecule has 0 spiro atoms. The predicted octanol–water partition coefficient (Wildman–Crippen LogP) is 2.09. The summed E-state index contributed by atoms with van der Waals surface area (Å²) in [6.45, 7) is 2.39. The normalized spacial score (nSPS) is 10.2. The van der Waals surface area contributed by atoms with Crippen molar-refractivity contribution in [1.82, 2.24) is 5.32 Å². The lowest BCUT2D eigenvalue weighted by atomic mass is 10.1. The molecule has 0 aliphatic rings. The fourth-order valence-electron chi connectivity index (χ4n) is 0.946. The first-order chi connectivity index (χ1) is 6.35. The van der Waals surface area contributed by atoms with Gasteiger partial charge in [0, 0.05) is 11.8 Å². The smallest absolute Gasteiger partial charge is 0.102 e. The standard InChI is InChI=1S/C10H15N3/c1-2-3-4-5-10(8-12)9-13-7-6-11/h9,13H,2-5,7H2,1H3/b10-9+. The van der Waals surface area contributed by atoms with Gasteiger partial charge in [0.15, 0.2) is 0 Å². The molecule has 0 bridgehead atoms. The topological polar surface area (TPSA) is 59.6 Å². The number of nitriles is 2. The van der Waals surface area contributed by atoms with Gasteiger partial charge in [0.05, 0.1) is 12.1 Å². The summed E-state index contributed by atoms with van der Waals surface area (Å²) >= 11 is 0. The maximum atomic E-state index is 8.68. The Kier molecular flexibility index (Phi) is 7.63. The van der Waals surface area contributed by atoms with Crippen LogP contribution in [0.2, 0.25) is 0 Å². The van der Waals surface area contributed by atoms with Gasteiger partial charge in [-0.15, -0.1) is 0 Å². The molecule has 0 saturated heterocycles. The zero-order chi connectivity index (χ0) is 9.94. The van der Waals surface area contributed by atoms with Gasteiger partial charge in [-0.25, -0.2) is 0 Å². The molecule has 0 heterocycles. The molecule has 0 saturated carbocycles. The van der Waals surface area contributed by atoms with Crippen LogP contribution >= 0.6 is 0 Å². The predicted molar refractivity (Wildman–Crippen MR) is 51.5 cm³/mol. The number of nitrogens with zero attached hydrogens (tertiary/aromatic N) is 2. The number of unbranched alkanes of at least 4 members (excludes halogenated alkanes) is 2. The molecular weight excluding hydrogens is 162 g/mol. The highest BCUT2D eigenvalue weighted by Gasteiger charge is 1.94. The third kappa shape index (κ3) is 6.90. The van der Waals surface area contributed by atoms with E-state index in [-0.39, 0.29) is 6.54 Å². The first-order valence-corrected chi connectivity index (χ1v) is 4.54. The van der Waals surface area contributed by atoms with Crippen molar-refractivity contribution in [3.63, 3.8) is 0 Å². The molecule has 1 N–H and O–H groups in total. The molecule has 0 atom stereocenters. The maximum absolute atomic E-state index is 8.68. The largest absolute Gasteiger partial charge is 0.377 e. The number of hydrogen-bond acceptors (Lipinski definition) is 3. The Balaban J connectivity index is 3.70. The SMILES string of the molecule is CCCCC/C(C#N)=C\NCC#N. The first-order valence-electron chi connectivity index (χ1n) is 4.54. The van der Waals surface area contributed by atoms with Crippen molar-refractivity contribution in [2.75, 3.05) is 6.54 Å². The Morgan fingerprint density at radius 2 is 2.15 bits per heavy atom. The molecule has 0 amide bonds. The lowest BCUT2D eigenvalue weighted by Gasteiger charge is -1.97. The number of nitrogens with one attached hydrogen (secondary N) is 1. The van der Waals surface area contributed by atoms with Gasteiger partial charge in [-0.2, -0.15) is 10.5 Å². The first kappa shape index (κ1) is 11.5. The molecule has 3 heteroatoms. The second-order valence-corrected chi connectivity index (χ2v) is 2.78. The van der Waals surface area contributed by atoms with Gasteiger partial charge in [-0.05, 0) is 12.8 Å². The molecular formula is C10H15N3. The Bertz CT molecular complexity index is 230. The highest BCUT2D eigenvalue weighted by atomic mass is 14.8. The van der Waals surface area contributed by atoms with E-state index in [1.165, 1.54) is 0 Å². The molecule has 0 aliphatic heterocycles. The van der Waals surface area contributed by atoms with Crippen LogP contribution in [0.4, 0.5) is 0 Å². The Morgan fingerprint density at radius 1 is 1.38 bits per heavy atom. The number of rotatable bonds is 6. The third-order valence-electron chi connectivity index (χ3n) is 1.65. The third-order valence-corrected chi connectivity index (χ3v) is 1.65. The van der Waals surface area contributed by atoms with Crippen molar-refractivity contribution in [2.24, 2.45) is 0 Å². The van der Waals surface area contributed by atoms with Gasteiger partial charge in [0.2, 0.25) is 0 Å². The van der Waals surface area contributed by atoms with Gasteiger partial charge in [-0.3, -0.25) is 0 Å². The van der Waals surface area contributed by atoms with Crippen molar-refractivity contribution >= 4 is 0 Å². The highest BCUT2D eigenvalue weighted by Crippen LogP contribution is 2.06. The second-order valence-electron chi connectivity index (χ2n) is 2.78. The summed E-state index contributed by atoms with van der Waals surface area (Å²) in [4.78, 5) is 0. The van der Waals surface area contributed by atoms with Crippen molar-refractivity contribution in [3.8, 4) is 12.1 Å². The van der Waals surface area contributed by atoms with E-state index in [4.69, 9.17) is 10.5 Å². The second kappa shape index (κ2) is 8.62. The van der Waals surface area contributed by atoms with E-state index in [0.29, 0.717) is 0 Å². The van der Waals surface area contributed by atoms with E-state index in [1.807, 2.05) is 6.07 Å². The van der Waals surface area contributed by atoms with Crippen molar-refractivity contribution < 1.29 is 0 Å². The lowest BCUT2D eigenvalue weighted by Crippen LogP contribution is -2.05. The maximum Gasteiger partial charge on any atom is 0.102 e. The van der Waals surface area contributed by atoms with Crippen LogP contribution in [0.1, 0.15) is 32.6 Å². The van der Waals surface area contributed by atoms with Crippen molar-refractivity contribution in [3.05, 3.63) is 11.8 Å². The van der Waals surface area contributed by atoms with Gasteiger partial charge in [-0.1, -0.05) is 19.8 Å². The van der Waals surface area contributed by atoms with Crippen LogP contribution in [0.15, 0.2) is 11.8 Å². The lowest BCUT2D eigenvalue weighted by molar-refractivity contribution is 0.717. The molecule has 0 radical (unpaired) electrons. The zero-order valence-electron chi connectivity index (χ0n) is 8.01. The van der Waals surface area contributed by atoms with E-state index in [2.05, 4.69) is 18.3 Å². The summed E-state index contributed by atoms with van der Waals surface area (Å²) in [7, 11) is 0. The van der Waals surface area contributed by atoms with Crippen LogP contribution in [0.3, 0.4) is 0 Å². The Morgan fingerprint density at radius 3 is 2.69 bits per heavy atom. The summed E-state index contributed by atoms with van der Waals surface area (Å²) in [5, 5.41) is 19.7. The van der Waals surface area contributed by atoms with Crippen LogP contribution in [-0.4, -0.2) is 6.54 Å². The zero-order valence-corrected chi connectivity index (χ0v) is 8.01. The van der Waals surface area contributed by atoms with Crippen molar-refractivity contribution in [1.29, 1.82) is 10.5 Å². The van der Waals surface area contributed by atoms with E-state index < -0.39 is 0 Å². The average Bonchev–Trinajstić information content (AvgIpc) is 2.16. The molecule has 0 fully saturated rings. The average molecular weight is 177 g/mol. The molecule has 13 heavy (non-hydrogen) atoms. The quantitative estimate of drug-likeness (QED) is 0.384. The molecule has 0 rings (SSSR count). The molecule has 0 unspecified atom stereocenters. The van der Waals surface area contributed by atoms with E-state index in [9.17, 15) is 0 Å². The van der Waals surface area contributed by atoms with Crippen LogP contribution in [-0.2, 0) is 0 Å². The minimum Gasteiger partial charge on any atom is -0.377 e. The van der Waals surface area contributed by atoms with Crippen LogP contribution in [0.5, 0.6) is 0 Å². The van der Waals surface area contributed by atoms with Crippen LogP contribution in [0, 0.1) is 22.7 Å². The summed E-state index contributed by atoms with van der Waals surface area (Å²) < 4.78 is 0. The summed E-state index contributed by atoms with van der Waals surface area (Å²) in [6, 6.07) is 4.06. The number of allylic oxidation sites excluding steroid dienone is 1.